The third-order valence-corrected chi connectivity index (χ3v) is 6.56. The number of piperazine rings is 1. The second-order valence-corrected chi connectivity index (χ2v) is 9.02. The Labute approximate surface area is 183 Å². The van der Waals surface area contributed by atoms with E-state index in [0.717, 1.165) is 72.7 Å². The SMILES string of the molecule is Cc1cc(N2CCN(C)CC2)ccc1NC(=O)c1cc(C2CC2)nc2c1c(C)nn2C. The van der Waals surface area contributed by atoms with Crippen molar-refractivity contribution in [2.75, 3.05) is 43.4 Å². The molecule has 2 aromatic heterocycles. The first kappa shape index (κ1) is 20.0. The smallest absolute Gasteiger partial charge is 0.256 e. The summed E-state index contributed by atoms with van der Waals surface area (Å²) in [6.45, 7) is 8.20. The number of carbonyl (C=O) groups is 1. The second-order valence-electron chi connectivity index (χ2n) is 9.02. The van der Waals surface area contributed by atoms with Crippen LogP contribution in [-0.2, 0) is 7.05 Å². The van der Waals surface area contributed by atoms with E-state index in [0.29, 0.717) is 11.5 Å². The van der Waals surface area contributed by atoms with Gasteiger partial charge in [-0.15, -0.1) is 0 Å². The standard InChI is InChI=1S/C24H30N6O/c1-15-13-18(30-11-9-28(3)10-12-30)7-8-20(15)26-24(31)19-14-21(17-5-6-17)25-23-22(19)16(2)27-29(23)4/h7-8,13-14,17H,5-6,9-12H2,1-4H3,(H,26,31). The summed E-state index contributed by atoms with van der Waals surface area (Å²) in [6, 6.07) is 8.28. The molecule has 1 amide bonds. The fraction of sp³-hybridized carbons (Fsp3) is 0.458. The van der Waals surface area contributed by atoms with Crippen molar-refractivity contribution in [3.8, 4) is 0 Å². The quantitative estimate of drug-likeness (QED) is 0.703. The monoisotopic (exact) mass is 418 g/mol. The molecule has 0 spiro atoms. The number of amides is 1. The molecular formula is C24H30N6O. The summed E-state index contributed by atoms with van der Waals surface area (Å²) in [7, 11) is 4.05. The van der Waals surface area contributed by atoms with E-state index < -0.39 is 0 Å². The number of hydrogen-bond donors (Lipinski definition) is 1. The van der Waals surface area contributed by atoms with Crippen LogP contribution < -0.4 is 10.2 Å². The van der Waals surface area contributed by atoms with Gasteiger partial charge < -0.3 is 15.1 Å². The zero-order valence-corrected chi connectivity index (χ0v) is 18.8. The van der Waals surface area contributed by atoms with Gasteiger partial charge in [0.2, 0.25) is 0 Å². The first-order chi connectivity index (χ1) is 14.9. The molecule has 2 aliphatic rings. The van der Waals surface area contributed by atoms with Gasteiger partial charge in [-0.25, -0.2) is 4.98 Å². The zero-order valence-electron chi connectivity index (χ0n) is 18.8. The van der Waals surface area contributed by atoms with Gasteiger partial charge in [-0.3, -0.25) is 9.48 Å². The van der Waals surface area contributed by atoms with Crippen LogP contribution in [0.25, 0.3) is 11.0 Å². The number of aromatic nitrogens is 3. The van der Waals surface area contributed by atoms with E-state index in [4.69, 9.17) is 4.98 Å². The summed E-state index contributed by atoms with van der Waals surface area (Å²) in [5.41, 5.74) is 6.42. The molecule has 1 saturated carbocycles. The van der Waals surface area contributed by atoms with Crippen molar-refractivity contribution in [3.05, 3.63) is 46.8 Å². The number of anilines is 2. The highest BCUT2D eigenvalue weighted by molar-refractivity contribution is 6.13. The summed E-state index contributed by atoms with van der Waals surface area (Å²) < 4.78 is 1.78. The van der Waals surface area contributed by atoms with Gasteiger partial charge in [0.1, 0.15) is 0 Å². The topological polar surface area (TPSA) is 66.3 Å². The minimum Gasteiger partial charge on any atom is -0.369 e. The van der Waals surface area contributed by atoms with Crippen LogP contribution in [-0.4, -0.2) is 58.8 Å². The molecule has 1 N–H and O–H groups in total. The lowest BCUT2D eigenvalue weighted by molar-refractivity contribution is 0.102. The molecule has 31 heavy (non-hydrogen) atoms. The Bertz CT molecular complexity index is 1150. The Morgan fingerprint density at radius 3 is 2.48 bits per heavy atom. The second kappa shape index (κ2) is 7.64. The van der Waals surface area contributed by atoms with Crippen molar-refractivity contribution in [1.29, 1.82) is 0 Å². The number of nitrogens with zero attached hydrogens (tertiary/aromatic N) is 5. The Hall–Kier alpha value is -2.93. The van der Waals surface area contributed by atoms with Crippen LogP contribution in [0.2, 0.25) is 0 Å². The number of nitrogens with one attached hydrogen (secondary N) is 1. The van der Waals surface area contributed by atoms with Crippen LogP contribution in [0.3, 0.4) is 0 Å². The number of rotatable bonds is 4. The highest BCUT2D eigenvalue weighted by atomic mass is 16.1. The Morgan fingerprint density at radius 1 is 1.06 bits per heavy atom. The van der Waals surface area contributed by atoms with E-state index in [1.807, 2.05) is 26.1 Å². The molecule has 7 heteroatoms. The minimum atomic E-state index is -0.0964. The minimum absolute atomic E-state index is 0.0964. The molecule has 1 aliphatic carbocycles. The number of benzene rings is 1. The van der Waals surface area contributed by atoms with Gasteiger partial charge in [0.05, 0.1) is 16.6 Å². The molecule has 3 heterocycles. The highest BCUT2D eigenvalue weighted by Gasteiger charge is 2.28. The molecule has 5 rings (SSSR count). The first-order valence-electron chi connectivity index (χ1n) is 11.1. The van der Waals surface area contributed by atoms with Gasteiger partial charge in [0.15, 0.2) is 5.65 Å². The molecule has 3 aromatic rings. The van der Waals surface area contributed by atoms with Crippen molar-refractivity contribution < 1.29 is 4.79 Å². The van der Waals surface area contributed by atoms with Crippen molar-refractivity contribution in [1.82, 2.24) is 19.7 Å². The average Bonchev–Trinajstić information content (AvgIpc) is 3.56. The van der Waals surface area contributed by atoms with E-state index in [1.54, 1.807) is 4.68 Å². The predicted molar refractivity (Wildman–Crippen MR) is 124 cm³/mol. The third kappa shape index (κ3) is 3.78. The van der Waals surface area contributed by atoms with Crippen molar-refractivity contribution in [2.45, 2.75) is 32.6 Å². The fourth-order valence-electron chi connectivity index (χ4n) is 4.47. The van der Waals surface area contributed by atoms with Gasteiger partial charge in [-0.05, 0) is 63.6 Å². The van der Waals surface area contributed by atoms with Crippen LogP contribution in [0.5, 0.6) is 0 Å². The van der Waals surface area contributed by atoms with E-state index >= 15 is 0 Å². The molecule has 1 aromatic carbocycles. The normalized spacial score (nSPS) is 17.4. The lowest BCUT2D eigenvalue weighted by Gasteiger charge is -2.34. The summed E-state index contributed by atoms with van der Waals surface area (Å²) in [4.78, 5) is 22.9. The van der Waals surface area contributed by atoms with E-state index in [2.05, 4.69) is 46.3 Å². The molecular weight excluding hydrogens is 388 g/mol. The molecule has 7 nitrogen and oxygen atoms in total. The third-order valence-electron chi connectivity index (χ3n) is 6.56. The van der Waals surface area contributed by atoms with Crippen molar-refractivity contribution in [3.63, 3.8) is 0 Å². The number of carbonyl (C=O) groups excluding carboxylic acids is 1. The predicted octanol–water partition coefficient (Wildman–Crippen LogP) is 3.47. The maximum Gasteiger partial charge on any atom is 0.256 e. The van der Waals surface area contributed by atoms with Crippen molar-refractivity contribution in [2.24, 2.45) is 7.05 Å². The summed E-state index contributed by atoms with van der Waals surface area (Å²) in [5.74, 6) is 0.372. The molecule has 0 atom stereocenters. The van der Waals surface area contributed by atoms with Gasteiger partial charge in [-0.2, -0.15) is 5.10 Å². The summed E-state index contributed by atoms with van der Waals surface area (Å²) >= 11 is 0. The zero-order chi connectivity index (χ0) is 21.7. The van der Waals surface area contributed by atoms with Crippen LogP contribution >= 0.6 is 0 Å². The van der Waals surface area contributed by atoms with Crippen molar-refractivity contribution >= 4 is 28.3 Å². The van der Waals surface area contributed by atoms with E-state index in [-0.39, 0.29) is 5.91 Å². The van der Waals surface area contributed by atoms with Crippen LogP contribution in [0.4, 0.5) is 11.4 Å². The summed E-state index contributed by atoms with van der Waals surface area (Å²) in [5, 5.41) is 8.50. The molecule has 0 radical (unpaired) electrons. The first-order valence-corrected chi connectivity index (χ1v) is 11.1. The van der Waals surface area contributed by atoms with Gasteiger partial charge >= 0.3 is 0 Å². The van der Waals surface area contributed by atoms with E-state index in [9.17, 15) is 4.79 Å². The van der Waals surface area contributed by atoms with Crippen LogP contribution in [0.15, 0.2) is 24.3 Å². The molecule has 2 fully saturated rings. The fourth-order valence-corrected chi connectivity index (χ4v) is 4.47. The maximum atomic E-state index is 13.4. The number of likely N-dealkylation sites (N-methyl/N-ethyl adjacent to an activating group) is 1. The maximum absolute atomic E-state index is 13.4. The van der Waals surface area contributed by atoms with Crippen LogP contribution in [0.1, 0.15) is 46.1 Å². The van der Waals surface area contributed by atoms with Gasteiger partial charge in [0, 0.05) is 56.2 Å². The molecule has 162 valence electrons. The Morgan fingerprint density at radius 2 is 1.81 bits per heavy atom. The average molecular weight is 419 g/mol. The highest BCUT2D eigenvalue weighted by Crippen LogP contribution is 2.40. The Balaban J connectivity index is 1.43. The largest absolute Gasteiger partial charge is 0.369 e. The van der Waals surface area contributed by atoms with E-state index in [1.165, 1.54) is 5.69 Å². The summed E-state index contributed by atoms with van der Waals surface area (Å²) in [6.07, 6.45) is 2.28. The number of pyridine rings is 1. The lowest BCUT2D eigenvalue weighted by atomic mass is 10.1. The molecule has 1 saturated heterocycles. The molecule has 1 aliphatic heterocycles. The molecule has 0 bridgehead atoms. The van der Waals surface area contributed by atoms with Gasteiger partial charge in [0.25, 0.3) is 5.91 Å². The molecule has 0 unspecified atom stereocenters. The van der Waals surface area contributed by atoms with Gasteiger partial charge in [-0.1, -0.05) is 0 Å². The number of aryl methyl sites for hydroxylation is 3. The number of hydrogen-bond acceptors (Lipinski definition) is 5. The number of fused-ring (bicyclic) bond motifs is 1. The Kier molecular flexibility index (Phi) is 4.93. The lowest BCUT2D eigenvalue weighted by Crippen LogP contribution is -2.44. The van der Waals surface area contributed by atoms with Crippen LogP contribution in [0, 0.1) is 13.8 Å².